The normalized spacial score (nSPS) is 11.6. The van der Waals surface area contributed by atoms with Gasteiger partial charge in [-0.3, -0.25) is 4.57 Å². The first-order chi connectivity index (χ1) is 27.8. The number of rotatable bonds is 6. The van der Waals surface area contributed by atoms with E-state index in [1.54, 1.807) is 0 Å². The van der Waals surface area contributed by atoms with Crippen molar-refractivity contribution in [2.75, 3.05) is 0 Å². The summed E-state index contributed by atoms with van der Waals surface area (Å²) >= 11 is 0. The summed E-state index contributed by atoms with van der Waals surface area (Å²) < 4.78 is 4.69. The molecule has 0 N–H and O–H groups in total. The number of hydrogen-bond acceptors (Lipinski definition) is 3. The fourth-order valence-electron chi connectivity index (χ4n) is 8.22. The molecule has 5 heteroatoms. The average molecular weight is 716 g/mol. The predicted molar refractivity (Wildman–Crippen MR) is 230 cm³/mol. The van der Waals surface area contributed by atoms with Gasteiger partial charge in [0.1, 0.15) is 5.65 Å². The van der Waals surface area contributed by atoms with E-state index < -0.39 is 0 Å². The maximum absolute atomic E-state index is 5.07. The van der Waals surface area contributed by atoms with E-state index in [1.807, 2.05) is 48.7 Å². The monoisotopic (exact) mass is 715 g/mol. The molecule has 0 bridgehead atoms. The lowest BCUT2D eigenvalue weighted by molar-refractivity contribution is 1.13. The lowest BCUT2D eigenvalue weighted by atomic mass is 10.0. The minimum Gasteiger partial charge on any atom is -0.309 e. The summed E-state index contributed by atoms with van der Waals surface area (Å²) in [6.07, 6.45) is 1.88. The van der Waals surface area contributed by atoms with Crippen LogP contribution < -0.4 is 0 Å². The summed E-state index contributed by atoms with van der Waals surface area (Å²) in [6.45, 7) is 0. The molecule has 0 atom stereocenters. The van der Waals surface area contributed by atoms with Crippen molar-refractivity contribution >= 4 is 43.7 Å². The second kappa shape index (κ2) is 13.0. The summed E-state index contributed by atoms with van der Waals surface area (Å²) in [6, 6.07) is 68.3. The Morgan fingerprint density at radius 1 is 0.357 bits per heavy atom. The maximum Gasteiger partial charge on any atom is 0.160 e. The number of benzene rings is 7. The van der Waals surface area contributed by atoms with Gasteiger partial charge in [-0.15, -0.1) is 0 Å². The molecule has 0 amide bonds. The molecule has 0 saturated carbocycles. The SMILES string of the molecule is c1ccc(-c2cc(-c3ccc(-n4c5cc(-c6cccc7c8ccccc8n(-c8ccccc8)c67)ccc5c5cccnc54)cc3)nc(-c3ccccc3)n2)cc1. The Bertz CT molecular complexity index is 3160. The Morgan fingerprint density at radius 3 is 1.71 bits per heavy atom. The predicted octanol–water partition coefficient (Wildman–Crippen LogP) is 12.7. The van der Waals surface area contributed by atoms with Gasteiger partial charge in [0.05, 0.1) is 27.9 Å². The van der Waals surface area contributed by atoms with E-state index in [4.69, 9.17) is 15.0 Å². The molecule has 11 aromatic rings. The third-order valence-electron chi connectivity index (χ3n) is 10.8. The Balaban J connectivity index is 1.08. The number of aromatic nitrogens is 5. The molecule has 0 fully saturated rings. The Morgan fingerprint density at radius 2 is 0.946 bits per heavy atom. The second-order valence-electron chi connectivity index (χ2n) is 14.1. The maximum atomic E-state index is 5.07. The number of pyridine rings is 1. The molecular formula is C51H33N5. The van der Waals surface area contributed by atoms with Crippen molar-refractivity contribution in [3.8, 4) is 56.4 Å². The molecule has 5 nitrogen and oxygen atoms in total. The molecule has 4 aromatic heterocycles. The summed E-state index contributed by atoms with van der Waals surface area (Å²) in [7, 11) is 0. The molecule has 0 radical (unpaired) electrons. The van der Waals surface area contributed by atoms with Crippen molar-refractivity contribution in [1.29, 1.82) is 0 Å². The highest BCUT2D eigenvalue weighted by Crippen LogP contribution is 2.40. The van der Waals surface area contributed by atoms with Crippen LogP contribution in [-0.2, 0) is 0 Å². The summed E-state index contributed by atoms with van der Waals surface area (Å²) in [5.41, 5.74) is 13.7. The lowest BCUT2D eigenvalue weighted by Gasteiger charge is -2.13. The molecular weight excluding hydrogens is 683 g/mol. The first kappa shape index (κ1) is 31.9. The van der Waals surface area contributed by atoms with Gasteiger partial charge in [-0.2, -0.15) is 0 Å². The highest BCUT2D eigenvalue weighted by Gasteiger charge is 2.19. The third kappa shape index (κ3) is 5.21. The van der Waals surface area contributed by atoms with Crippen molar-refractivity contribution in [1.82, 2.24) is 24.1 Å². The van der Waals surface area contributed by atoms with E-state index >= 15 is 0 Å². The molecule has 4 heterocycles. The van der Waals surface area contributed by atoms with E-state index in [0.29, 0.717) is 5.82 Å². The van der Waals surface area contributed by atoms with Crippen molar-refractivity contribution in [2.45, 2.75) is 0 Å². The van der Waals surface area contributed by atoms with Crippen molar-refractivity contribution in [2.24, 2.45) is 0 Å². The third-order valence-corrected chi connectivity index (χ3v) is 10.8. The quantitative estimate of drug-likeness (QED) is 0.172. The van der Waals surface area contributed by atoms with E-state index in [-0.39, 0.29) is 0 Å². The van der Waals surface area contributed by atoms with Gasteiger partial charge >= 0.3 is 0 Å². The van der Waals surface area contributed by atoms with Crippen LogP contribution in [0.3, 0.4) is 0 Å². The van der Waals surface area contributed by atoms with Gasteiger partial charge < -0.3 is 4.57 Å². The average Bonchev–Trinajstić information content (AvgIpc) is 3.80. The largest absolute Gasteiger partial charge is 0.309 e. The molecule has 7 aromatic carbocycles. The highest BCUT2D eigenvalue weighted by atomic mass is 15.0. The van der Waals surface area contributed by atoms with E-state index in [0.717, 1.165) is 67.0 Å². The van der Waals surface area contributed by atoms with Crippen LogP contribution in [0.1, 0.15) is 0 Å². The Labute approximate surface area is 323 Å². The first-order valence-electron chi connectivity index (χ1n) is 18.9. The number of para-hydroxylation sites is 3. The molecule has 0 aliphatic carbocycles. The minimum atomic E-state index is 0.700. The number of nitrogens with zero attached hydrogens (tertiary/aromatic N) is 5. The zero-order chi connectivity index (χ0) is 37.0. The van der Waals surface area contributed by atoms with Gasteiger partial charge in [0.15, 0.2) is 5.82 Å². The van der Waals surface area contributed by atoms with Gasteiger partial charge in [0, 0.05) is 61.4 Å². The van der Waals surface area contributed by atoms with Crippen LogP contribution >= 0.6 is 0 Å². The molecule has 0 unspecified atom stereocenters. The zero-order valence-corrected chi connectivity index (χ0v) is 30.3. The van der Waals surface area contributed by atoms with Gasteiger partial charge in [0.2, 0.25) is 0 Å². The molecule has 0 saturated heterocycles. The van der Waals surface area contributed by atoms with Crippen LogP contribution in [-0.4, -0.2) is 24.1 Å². The van der Waals surface area contributed by atoms with Gasteiger partial charge in [-0.1, -0.05) is 140 Å². The van der Waals surface area contributed by atoms with E-state index in [1.165, 1.54) is 27.4 Å². The Hall–Kier alpha value is -7.63. The highest BCUT2D eigenvalue weighted by molar-refractivity contribution is 6.15. The summed E-state index contributed by atoms with van der Waals surface area (Å²) in [5.74, 6) is 0.700. The molecule has 11 rings (SSSR count). The number of fused-ring (bicyclic) bond motifs is 6. The smallest absolute Gasteiger partial charge is 0.160 e. The fourth-order valence-corrected chi connectivity index (χ4v) is 8.22. The zero-order valence-electron chi connectivity index (χ0n) is 30.3. The lowest BCUT2D eigenvalue weighted by Crippen LogP contribution is -1.98. The standard InChI is InChI=1S/C51H33N5/c1-4-14-34(15-5-1)45-33-46(54-50(53-45)36-16-6-2-7-17-36)35-25-28-39(29-26-35)56-48-32-37(27-30-42(48)44-23-13-31-52-51(44)56)40-21-12-22-43-41-20-10-11-24-47(41)55(49(40)43)38-18-8-3-9-19-38/h1-33H. The van der Waals surface area contributed by atoms with Crippen LogP contribution in [0.15, 0.2) is 200 Å². The van der Waals surface area contributed by atoms with Crippen LogP contribution in [0.5, 0.6) is 0 Å². The van der Waals surface area contributed by atoms with Gasteiger partial charge in [-0.25, -0.2) is 15.0 Å². The van der Waals surface area contributed by atoms with Crippen LogP contribution in [0, 0.1) is 0 Å². The van der Waals surface area contributed by atoms with Gasteiger partial charge in [-0.05, 0) is 60.2 Å². The van der Waals surface area contributed by atoms with E-state index in [2.05, 4.69) is 161 Å². The van der Waals surface area contributed by atoms with Crippen molar-refractivity contribution < 1.29 is 0 Å². The van der Waals surface area contributed by atoms with Crippen LogP contribution in [0.25, 0.3) is 100 Å². The van der Waals surface area contributed by atoms with Crippen molar-refractivity contribution in [3.63, 3.8) is 0 Å². The topological polar surface area (TPSA) is 48.5 Å². The van der Waals surface area contributed by atoms with Crippen LogP contribution in [0.4, 0.5) is 0 Å². The summed E-state index contributed by atoms with van der Waals surface area (Å²) in [4.78, 5) is 15.0. The van der Waals surface area contributed by atoms with Crippen LogP contribution in [0.2, 0.25) is 0 Å². The Kier molecular flexibility index (Phi) is 7.42. The summed E-state index contributed by atoms with van der Waals surface area (Å²) in [5, 5.41) is 4.75. The molecule has 0 aliphatic heterocycles. The number of hydrogen-bond donors (Lipinski definition) is 0. The second-order valence-corrected chi connectivity index (χ2v) is 14.1. The van der Waals surface area contributed by atoms with Crippen molar-refractivity contribution in [3.05, 3.63) is 200 Å². The fraction of sp³-hybridized carbons (Fsp3) is 0. The molecule has 262 valence electrons. The minimum absolute atomic E-state index is 0.700. The molecule has 56 heavy (non-hydrogen) atoms. The van der Waals surface area contributed by atoms with Gasteiger partial charge in [0.25, 0.3) is 0 Å². The van der Waals surface area contributed by atoms with E-state index in [9.17, 15) is 0 Å². The first-order valence-corrected chi connectivity index (χ1v) is 18.9. The molecule has 0 aliphatic rings. The molecule has 0 spiro atoms.